The van der Waals surface area contributed by atoms with Gasteiger partial charge in [-0.1, -0.05) is 67.9 Å². The Kier molecular flexibility index (Phi) is 8.93. The zero-order chi connectivity index (χ0) is 26.1. The van der Waals surface area contributed by atoms with Gasteiger partial charge in [0.25, 0.3) is 10.1 Å². The third kappa shape index (κ3) is 7.24. The molecule has 1 unspecified atom stereocenters. The second kappa shape index (κ2) is 12.1. The van der Waals surface area contributed by atoms with Gasteiger partial charge in [-0.25, -0.2) is 0 Å². The van der Waals surface area contributed by atoms with Crippen molar-refractivity contribution in [3.05, 3.63) is 90.0 Å². The van der Waals surface area contributed by atoms with Crippen molar-refractivity contribution in [2.75, 3.05) is 16.0 Å². The molecule has 1 atom stereocenters. The molecule has 0 heterocycles. The summed E-state index contributed by atoms with van der Waals surface area (Å²) in [6.07, 6.45) is 3.06. The van der Waals surface area contributed by atoms with Crippen molar-refractivity contribution >= 4 is 44.9 Å². The molecule has 3 rings (SSSR count). The van der Waals surface area contributed by atoms with Gasteiger partial charge in [0.15, 0.2) is 5.25 Å². The number of carbonyl (C=O) groups is 3. The molecule has 3 aromatic carbocycles. The van der Waals surface area contributed by atoms with E-state index >= 15 is 0 Å². The molecular weight excluding hydrogens is 482 g/mol. The highest BCUT2D eigenvalue weighted by atomic mass is 32.2. The number of carbonyl (C=O) groups excluding carboxylic acids is 3. The number of hydrogen-bond acceptors (Lipinski definition) is 5. The van der Waals surface area contributed by atoms with Crippen LogP contribution in [0.1, 0.15) is 36.1 Å². The molecule has 10 heteroatoms. The number of anilines is 3. The number of hydrogen-bond donors (Lipinski definition) is 4. The van der Waals surface area contributed by atoms with Crippen molar-refractivity contribution in [2.45, 2.75) is 31.4 Å². The van der Waals surface area contributed by atoms with Gasteiger partial charge < -0.3 is 16.0 Å². The number of rotatable bonds is 9. The third-order valence-corrected chi connectivity index (χ3v) is 6.39. The Balaban J connectivity index is 1.70. The third-order valence-electron chi connectivity index (χ3n) is 5.31. The van der Waals surface area contributed by atoms with Crippen molar-refractivity contribution in [3.8, 4) is 0 Å². The van der Waals surface area contributed by atoms with Crippen molar-refractivity contribution in [1.82, 2.24) is 0 Å². The van der Waals surface area contributed by atoms with Crippen LogP contribution in [-0.4, -0.2) is 30.7 Å². The van der Waals surface area contributed by atoms with E-state index in [0.29, 0.717) is 5.69 Å². The molecule has 0 aromatic heterocycles. The molecule has 0 aliphatic carbocycles. The maximum atomic E-state index is 12.8. The first kappa shape index (κ1) is 26.6. The average molecular weight is 510 g/mol. The fourth-order valence-electron chi connectivity index (χ4n) is 3.49. The van der Waals surface area contributed by atoms with E-state index < -0.39 is 33.1 Å². The molecule has 3 aromatic rings. The van der Waals surface area contributed by atoms with Crippen molar-refractivity contribution in [2.24, 2.45) is 0 Å². The molecular formula is C26H27N3O6S. The minimum atomic E-state index is -4.79. The summed E-state index contributed by atoms with van der Waals surface area (Å²) >= 11 is 0. The van der Waals surface area contributed by atoms with Crippen LogP contribution in [-0.2, 0) is 30.9 Å². The molecule has 0 radical (unpaired) electrons. The molecule has 0 bridgehead atoms. The summed E-state index contributed by atoms with van der Waals surface area (Å²) in [5, 5.41) is 5.45. The maximum Gasteiger partial charge on any atom is 0.314 e. The van der Waals surface area contributed by atoms with E-state index in [1.54, 1.807) is 30.3 Å². The summed E-state index contributed by atoms with van der Waals surface area (Å²) in [5.41, 5.74) is 1.77. The monoisotopic (exact) mass is 509 g/mol. The molecule has 4 N–H and O–H groups in total. The highest BCUT2D eigenvalue weighted by Crippen LogP contribution is 2.27. The fourth-order valence-corrected chi connectivity index (χ4v) is 4.32. The van der Waals surface area contributed by atoms with E-state index in [2.05, 4.69) is 22.9 Å². The summed E-state index contributed by atoms with van der Waals surface area (Å²) in [7, 11) is -4.79. The first-order valence-corrected chi connectivity index (χ1v) is 12.8. The van der Waals surface area contributed by atoms with Gasteiger partial charge in [-0.15, -0.1) is 0 Å². The van der Waals surface area contributed by atoms with Gasteiger partial charge in [0.05, 0.1) is 11.4 Å². The zero-order valence-corrected chi connectivity index (χ0v) is 20.4. The minimum absolute atomic E-state index is 0.0495. The predicted molar refractivity (Wildman–Crippen MR) is 138 cm³/mol. The van der Waals surface area contributed by atoms with E-state index in [0.717, 1.165) is 24.8 Å². The van der Waals surface area contributed by atoms with Gasteiger partial charge in [-0.2, -0.15) is 8.42 Å². The van der Waals surface area contributed by atoms with E-state index in [9.17, 15) is 27.4 Å². The molecule has 0 aliphatic heterocycles. The van der Waals surface area contributed by atoms with Gasteiger partial charge >= 0.3 is 11.8 Å². The Bertz CT molecular complexity index is 1330. The second-order valence-corrected chi connectivity index (χ2v) is 9.55. The van der Waals surface area contributed by atoms with Crippen LogP contribution in [0, 0.1) is 0 Å². The Morgan fingerprint density at radius 2 is 1.33 bits per heavy atom. The molecule has 0 fully saturated rings. The lowest BCUT2D eigenvalue weighted by molar-refractivity contribution is -0.132. The number of unbranched alkanes of at least 4 members (excludes halogenated alkanes) is 1. The van der Waals surface area contributed by atoms with E-state index in [-0.39, 0.29) is 16.9 Å². The van der Waals surface area contributed by atoms with Crippen LogP contribution in [0.5, 0.6) is 0 Å². The normalized spacial score (nSPS) is 11.8. The van der Waals surface area contributed by atoms with Gasteiger partial charge in [0.2, 0.25) is 5.91 Å². The van der Waals surface area contributed by atoms with Crippen molar-refractivity contribution in [1.29, 1.82) is 0 Å². The standard InChI is InChI=1S/C26H27N3O6S/c1-2-3-9-18-14-16-20(17-15-18)27-25(31)26(32)29-22-13-8-7-12-21(22)28-24(30)23(36(33,34)35)19-10-5-4-6-11-19/h4-8,10-17,23H,2-3,9H2,1H3,(H,27,31)(H,28,30)(H,29,32)(H,33,34,35). The Morgan fingerprint density at radius 1 is 0.778 bits per heavy atom. The van der Waals surface area contributed by atoms with E-state index in [4.69, 9.17) is 0 Å². The molecule has 0 spiro atoms. The van der Waals surface area contributed by atoms with Crippen LogP contribution in [0.15, 0.2) is 78.9 Å². The SMILES string of the molecule is CCCCc1ccc(NC(=O)C(=O)Nc2ccccc2NC(=O)C(c2ccccc2)S(=O)(=O)O)cc1. The predicted octanol–water partition coefficient (Wildman–Crippen LogP) is 4.17. The van der Waals surface area contributed by atoms with Gasteiger partial charge in [0, 0.05) is 5.69 Å². The maximum absolute atomic E-state index is 12.8. The average Bonchev–Trinajstić information content (AvgIpc) is 2.84. The Labute approximate surface area is 209 Å². The highest BCUT2D eigenvalue weighted by Gasteiger charge is 2.33. The van der Waals surface area contributed by atoms with Crippen molar-refractivity contribution in [3.63, 3.8) is 0 Å². The van der Waals surface area contributed by atoms with Crippen LogP contribution < -0.4 is 16.0 Å². The Hall–Kier alpha value is -4.02. The van der Waals surface area contributed by atoms with Crippen molar-refractivity contribution < 1.29 is 27.4 Å². The Morgan fingerprint density at radius 3 is 1.92 bits per heavy atom. The number of para-hydroxylation sites is 2. The molecule has 0 aliphatic rings. The minimum Gasteiger partial charge on any atom is -0.323 e. The van der Waals surface area contributed by atoms with Crippen LogP contribution >= 0.6 is 0 Å². The lowest BCUT2D eigenvalue weighted by atomic mass is 10.1. The lowest BCUT2D eigenvalue weighted by Gasteiger charge is -2.17. The largest absolute Gasteiger partial charge is 0.323 e. The summed E-state index contributed by atoms with van der Waals surface area (Å²) in [4.78, 5) is 37.7. The number of amides is 3. The molecule has 9 nitrogen and oxygen atoms in total. The smallest absolute Gasteiger partial charge is 0.314 e. The van der Waals surface area contributed by atoms with Gasteiger partial charge in [-0.05, 0) is 48.2 Å². The van der Waals surface area contributed by atoms with E-state index in [1.807, 2.05) is 12.1 Å². The number of nitrogens with one attached hydrogen (secondary N) is 3. The first-order chi connectivity index (χ1) is 17.2. The van der Waals surface area contributed by atoms with Gasteiger partial charge in [-0.3, -0.25) is 18.9 Å². The highest BCUT2D eigenvalue weighted by molar-refractivity contribution is 7.86. The van der Waals surface area contributed by atoms with E-state index in [1.165, 1.54) is 36.4 Å². The topological polar surface area (TPSA) is 142 Å². The number of aryl methyl sites for hydroxylation is 1. The molecule has 188 valence electrons. The summed E-state index contributed by atoms with van der Waals surface area (Å²) in [5.74, 6) is -2.93. The molecule has 36 heavy (non-hydrogen) atoms. The zero-order valence-electron chi connectivity index (χ0n) is 19.6. The van der Waals surface area contributed by atoms with Crippen LogP contribution in [0.2, 0.25) is 0 Å². The molecule has 0 saturated carbocycles. The number of benzene rings is 3. The summed E-state index contributed by atoms with van der Waals surface area (Å²) in [6.45, 7) is 2.10. The first-order valence-electron chi connectivity index (χ1n) is 11.3. The van der Waals surface area contributed by atoms with Crippen LogP contribution in [0.4, 0.5) is 17.1 Å². The van der Waals surface area contributed by atoms with Gasteiger partial charge in [0.1, 0.15) is 0 Å². The quantitative estimate of drug-likeness (QED) is 0.252. The summed E-state index contributed by atoms with van der Waals surface area (Å²) < 4.78 is 33.5. The fraction of sp³-hybridized carbons (Fsp3) is 0.192. The summed E-state index contributed by atoms with van der Waals surface area (Å²) in [6, 6.07) is 20.7. The lowest BCUT2D eigenvalue weighted by Crippen LogP contribution is -2.30. The van der Waals surface area contributed by atoms with Crippen LogP contribution in [0.25, 0.3) is 0 Å². The van der Waals surface area contributed by atoms with Crippen LogP contribution in [0.3, 0.4) is 0 Å². The second-order valence-electron chi connectivity index (χ2n) is 8.05. The molecule has 3 amide bonds. The molecule has 0 saturated heterocycles.